The molecule has 0 aromatic heterocycles. The van der Waals surface area contributed by atoms with Gasteiger partial charge in [0.1, 0.15) is 11.8 Å². The number of phenolic OH excluding ortho intramolecular Hbond substituents is 1. The minimum atomic E-state index is -1.24. The maximum absolute atomic E-state index is 11.5. The highest BCUT2D eigenvalue weighted by atomic mass is 16.4. The first-order valence-corrected chi connectivity index (χ1v) is 4.52. The van der Waals surface area contributed by atoms with Crippen LogP contribution in [0.4, 0.5) is 5.69 Å². The van der Waals surface area contributed by atoms with E-state index < -0.39 is 17.8 Å². The Hall–Kier alpha value is -2.08. The Morgan fingerprint density at radius 1 is 1.38 bits per heavy atom. The predicted octanol–water partition coefficient (Wildman–Crippen LogP) is -0.0409. The minimum absolute atomic E-state index is 0.152. The van der Waals surface area contributed by atoms with Crippen molar-refractivity contribution in [1.82, 2.24) is 0 Å². The van der Waals surface area contributed by atoms with Gasteiger partial charge in [0.2, 0.25) is 0 Å². The lowest BCUT2D eigenvalue weighted by molar-refractivity contribution is -0.138. The number of carbonyl (C=O) groups excluding carboxylic acids is 1. The topological polar surface area (TPSA) is 127 Å². The molecule has 6 heteroatoms. The predicted molar refractivity (Wildman–Crippen MR) is 57.1 cm³/mol. The molecule has 0 unspecified atom stereocenters. The molecule has 86 valence electrons. The molecule has 0 radical (unpaired) electrons. The maximum Gasteiger partial charge on any atom is 0.320 e. The molecule has 0 aliphatic carbocycles. The largest absolute Gasteiger partial charge is 0.506 e. The van der Waals surface area contributed by atoms with E-state index in [1.54, 1.807) is 0 Å². The van der Waals surface area contributed by atoms with Gasteiger partial charge in [0.05, 0.1) is 5.69 Å². The van der Waals surface area contributed by atoms with Gasteiger partial charge in [-0.3, -0.25) is 9.59 Å². The van der Waals surface area contributed by atoms with Crippen LogP contribution >= 0.6 is 0 Å². The van der Waals surface area contributed by atoms with Gasteiger partial charge in [0.25, 0.3) is 0 Å². The number of hydrogen-bond acceptors (Lipinski definition) is 5. The third-order valence-electron chi connectivity index (χ3n) is 2.07. The molecule has 0 amide bonds. The van der Waals surface area contributed by atoms with Crippen molar-refractivity contribution >= 4 is 17.4 Å². The molecule has 6 nitrogen and oxygen atoms in total. The van der Waals surface area contributed by atoms with E-state index in [1.165, 1.54) is 18.2 Å². The highest BCUT2D eigenvalue weighted by Crippen LogP contribution is 2.21. The van der Waals surface area contributed by atoms with E-state index in [0.29, 0.717) is 0 Å². The van der Waals surface area contributed by atoms with Crippen LogP contribution in [-0.2, 0) is 4.79 Å². The van der Waals surface area contributed by atoms with Crippen LogP contribution in [0.2, 0.25) is 0 Å². The summed E-state index contributed by atoms with van der Waals surface area (Å²) in [7, 11) is 0. The number of phenols is 1. The molecular weight excluding hydrogens is 212 g/mol. The molecule has 0 aliphatic heterocycles. The molecule has 0 saturated carbocycles. The van der Waals surface area contributed by atoms with Gasteiger partial charge in [-0.1, -0.05) is 0 Å². The molecule has 0 fully saturated rings. The van der Waals surface area contributed by atoms with Gasteiger partial charge in [0.15, 0.2) is 5.78 Å². The molecule has 0 spiro atoms. The number of carboxylic acids is 1. The number of aromatic hydroxyl groups is 1. The zero-order chi connectivity index (χ0) is 12.3. The fourth-order valence-corrected chi connectivity index (χ4v) is 1.12. The van der Waals surface area contributed by atoms with Crippen LogP contribution in [0.5, 0.6) is 5.75 Å². The number of anilines is 1. The van der Waals surface area contributed by atoms with Gasteiger partial charge < -0.3 is 21.7 Å². The fourth-order valence-electron chi connectivity index (χ4n) is 1.12. The second-order valence-electron chi connectivity index (χ2n) is 3.35. The van der Waals surface area contributed by atoms with Crippen LogP contribution in [0.25, 0.3) is 0 Å². The van der Waals surface area contributed by atoms with Crippen molar-refractivity contribution in [3.05, 3.63) is 23.8 Å². The van der Waals surface area contributed by atoms with Gasteiger partial charge >= 0.3 is 5.97 Å². The number of hydrogen-bond donors (Lipinski definition) is 4. The number of carbonyl (C=O) groups is 2. The summed E-state index contributed by atoms with van der Waals surface area (Å²) in [5, 5.41) is 17.8. The highest BCUT2D eigenvalue weighted by Gasteiger charge is 2.17. The van der Waals surface area contributed by atoms with E-state index in [0.717, 1.165) is 0 Å². The smallest absolute Gasteiger partial charge is 0.320 e. The molecular formula is C10H12N2O4. The summed E-state index contributed by atoms with van der Waals surface area (Å²) < 4.78 is 0. The Morgan fingerprint density at radius 2 is 2.00 bits per heavy atom. The zero-order valence-electron chi connectivity index (χ0n) is 8.38. The molecule has 16 heavy (non-hydrogen) atoms. The number of aliphatic carboxylic acids is 1. The Kier molecular flexibility index (Phi) is 3.47. The third-order valence-corrected chi connectivity index (χ3v) is 2.07. The van der Waals surface area contributed by atoms with E-state index in [9.17, 15) is 14.7 Å². The first-order chi connectivity index (χ1) is 7.41. The second-order valence-corrected chi connectivity index (χ2v) is 3.35. The van der Waals surface area contributed by atoms with Gasteiger partial charge in [-0.15, -0.1) is 0 Å². The number of nitrogens with two attached hydrogens (primary N) is 2. The van der Waals surface area contributed by atoms with Crippen LogP contribution in [-0.4, -0.2) is 28.0 Å². The number of ketones is 1. The summed E-state index contributed by atoms with van der Waals surface area (Å²) in [4.78, 5) is 22.0. The number of carboxylic acid groups (broad SMARTS) is 1. The fraction of sp³-hybridized carbons (Fsp3) is 0.200. The SMILES string of the molecule is Nc1ccc(C(=O)C[C@@H](N)C(=O)O)cc1O. The van der Waals surface area contributed by atoms with E-state index in [-0.39, 0.29) is 23.4 Å². The maximum atomic E-state index is 11.5. The molecule has 1 aromatic rings. The summed E-state index contributed by atoms with van der Waals surface area (Å²) in [6.45, 7) is 0. The normalized spacial score (nSPS) is 12.1. The Labute approximate surface area is 91.5 Å². The average Bonchev–Trinajstić information content (AvgIpc) is 2.21. The quantitative estimate of drug-likeness (QED) is 0.323. The number of benzene rings is 1. The minimum Gasteiger partial charge on any atom is -0.506 e. The first-order valence-electron chi connectivity index (χ1n) is 4.52. The summed E-state index contributed by atoms with van der Waals surface area (Å²) >= 11 is 0. The van der Waals surface area contributed by atoms with Crippen LogP contribution in [0.3, 0.4) is 0 Å². The van der Waals surface area contributed by atoms with Crippen molar-refractivity contribution in [3.8, 4) is 5.75 Å². The molecule has 1 atom stereocenters. The summed E-state index contributed by atoms with van der Waals surface area (Å²) in [5.41, 5.74) is 10.9. The van der Waals surface area contributed by atoms with Gasteiger partial charge in [-0.05, 0) is 18.2 Å². The number of Topliss-reactive ketones (excluding diaryl/α,β-unsaturated/α-hetero) is 1. The summed E-state index contributed by atoms with van der Waals surface area (Å²) in [5.74, 6) is -1.91. The van der Waals surface area contributed by atoms with Gasteiger partial charge in [0, 0.05) is 12.0 Å². The van der Waals surface area contributed by atoms with Gasteiger partial charge in [-0.25, -0.2) is 0 Å². The van der Waals surface area contributed by atoms with Crippen molar-refractivity contribution in [2.45, 2.75) is 12.5 Å². The van der Waals surface area contributed by atoms with E-state index >= 15 is 0 Å². The molecule has 6 N–H and O–H groups in total. The second kappa shape index (κ2) is 4.63. The standard InChI is InChI=1S/C10H12N2O4/c11-6-2-1-5(3-9(6)14)8(13)4-7(12)10(15)16/h1-3,7,14H,4,11-12H2,(H,15,16)/t7-/m1/s1. The molecule has 0 saturated heterocycles. The van der Waals surface area contributed by atoms with Crippen LogP contribution in [0, 0.1) is 0 Å². The van der Waals surface area contributed by atoms with Crippen molar-refractivity contribution < 1.29 is 19.8 Å². The van der Waals surface area contributed by atoms with Crippen LogP contribution < -0.4 is 11.5 Å². The molecule has 0 heterocycles. The van der Waals surface area contributed by atoms with E-state index in [2.05, 4.69) is 0 Å². The lowest BCUT2D eigenvalue weighted by atomic mass is 10.0. The average molecular weight is 224 g/mol. The van der Waals surface area contributed by atoms with E-state index in [1.807, 2.05) is 0 Å². The Bertz CT molecular complexity index is 431. The Morgan fingerprint density at radius 3 is 2.50 bits per heavy atom. The van der Waals surface area contributed by atoms with Crippen LogP contribution in [0.15, 0.2) is 18.2 Å². The number of rotatable bonds is 4. The van der Waals surface area contributed by atoms with Crippen LogP contribution in [0.1, 0.15) is 16.8 Å². The highest BCUT2D eigenvalue weighted by molar-refractivity contribution is 5.99. The molecule has 1 aromatic carbocycles. The summed E-state index contributed by atoms with van der Waals surface area (Å²) in [6, 6.07) is 2.72. The lowest BCUT2D eigenvalue weighted by Gasteiger charge is -2.06. The van der Waals surface area contributed by atoms with Crippen molar-refractivity contribution in [2.75, 3.05) is 5.73 Å². The lowest BCUT2D eigenvalue weighted by Crippen LogP contribution is -2.32. The van der Waals surface area contributed by atoms with Crippen molar-refractivity contribution in [3.63, 3.8) is 0 Å². The first kappa shape index (κ1) is 12.0. The molecule has 1 rings (SSSR count). The molecule has 0 aliphatic rings. The van der Waals surface area contributed by atoms with E-state index in [4.69, 9.17) is 16.6 Å². The summed E-state index contributed by atoms with van der Waals surface area (Å²) in [6.07, 6.45) is -0.321. The van der Waals surface area contributed by atoms with Gasteiger partial charge in [-0.2, -0.15) is 0 Å². The van der Waals surface area contributed by atoms with Crippen molar-refractivity contribution in [2.24, 2.45) is 5.73 Å². The monoisotopic (exact) mass is 224 g/mol. The third kappa shape index (κ3) is 2.71. The zero-order valence-corrected chi connectivity index (χ0v) is 8.38. The van der Waals surface area contributed by atoms with Crippen molar-refractivity contribution in [1.29, 1.82) is 0 Å². The number of nitrogen functional groups attached to an aromatic ring is 1. The Balaban J connectivity index is 2.81. The molecule has 0 bridgehead atoms.